The van der Waals surface area contributed by atoms with Crippen molar-refractivity contribution in [1.82, 2.24) is 4.90 Å². The standard InChI is InChI=1S/C14H22N2O2/c1-12-11-13(3-4-14(12)15)18-8-2-5-16-6-9-17-10-7-16/h3-4,11H,2,5-10,15H2,1H3. The first-order valence-electron chi connectivity index (χ1n) is 6.55. The van der Waals surface area contributed by atoms with Gasteiger partial charge >= 0.3 is 0 Å². The van der Waals surface area contributed by atoms with E-state index in [-0.39, 0.29) is 0 Å². The van der Waals surface area contributed by atoms with Gasteiger partial charge in [0.25, 0.3) is 0 Å². The van der Waals surface area contributed by atoms with E-state index < -0.39 is 0 Å². The third kappa shape index (κ3) is 3.89. The van der Waals surface area contributed by atoms with Crippen LogP contribution in [0.2, 0.25) is 0 Å². The Kier molecular flexibility index (Phi) is 4.84. The van der Waals surface area contributed by atoms with Crippen molar-refractivity contribution in [2.75, 3.05) is 45.2 Å². The second-order valence-corrected chi connectivity index (χ2v) is 4.67. The van der Waals surface area contributed by atoms with Crippen LogP contribution in [0.5, 0.6) is 5.75 Å². The van der Waals surface area contributed by atoms with Crippen molar-refractivity contribution in [2.45, 2.75) is 13.3 Å². The van der Waals surface area contributed by atoms with Crippen molar-refractivity contribution < 1.29 is 9.47 Å². The van der Waals surface area contributed by atoms with Crippen LogP contribution in [-0.4, -0.2) is 44.4 Å². The van der Waals surface area contributed by atoms with E-state index in [9.17, 15) is 0 Å². The summed E-state index contributed by atoms with van der Waals surface area (Å²) in [6.45, 7) is 7.63. The third-order valence-corrected chi connectivity index (χ3v) is 3.23. The first kappa shape index (κ1) is 13.2. The molecule has 1 fully saturated rings. The normalized spacial score (nSPS) is 16.7. The molecule has 1 aromatic rings. The summed E-state index contributed by atoms with van der Waals surface area (Å²) in [6, 6.07) is 5.81. The fourth-order valence-electron chi connectivity index (χ4n) is 2.04. The number of nitrogens with zero attached hydrogens (tertiary/aromatic N) is 1. The van der Waals surface area contributed by atoms with E-state index >= 15 is 0 Å². The molecular formula is C14H22N2O2. The zero-order valence-electron chi connectivity index (χ0n) is 11.0. The van der Waals surface area contributed by atoms with Gasteiger partial charge in [0.2, 0.25) is 0 Å². The predicted octanol–water partition coefficient (Wildman–Crippen LogP) is 1.68. The van der Waals surface area contributed by atoms with Crippen molar-refractivity contribution >= 4 is 5.69 Å². The topological polar surface area (TPSA) is 47.7 Å². The van der Waals surface area contributed by atoms with Gasteiger partial charge < -0.3 is 15.2 Å². The Bertz CT molecular complexity index is 376. The van der Waals surface area contributed by atoms with E-state index in [0.29, 0.717) is 0 Å². The number of nitrogen functional groups attached to an aromatic ring is 1. The van der Waals surface area contributed by atoms with Crippen LogP contribution in [0.15, 0.2) is 18.2 Å². The fraction of sp³-hybridized carbons (Fsp3) is 0.571. The second-order valence-electron chi connectivity index (χ2n) is 4.67. The molecule has 0 unspecified atom stereocenters. The first-order chi connectivity index (χ1) is 8.75. The molecule has 18 heavy (non-hydrogen) atoms. The van der Waals surface area contributed by atoms with Gasteiger partial charge in [0.1, 0.15) is 5.75 Å². The summed E-state index contributed by atoms with van der Waals surface area (Å²) >= 11 is 0. The van der Waals surface area contributed by atoms with Crippen LogP contribution in [0.25, 0.3) is 0 Å². The van der Waals surface area contributed by atoms with Crippen LogP contribution in [0.4, 0.5) is 5.69 Å². The van der Waals surface area contributed by atoms with Gasteiger partial charge in [-0.15, -0.1) is 0 Å². The maximum Gasteiger partial charge on any atom is 0.119 e. The minimum absolute atomic E-state index is 0.751. The average molecular weight is 250 g/mol. The number of anilines is 1. The molecule has 1 aromatic carbocycles. The molecule has 1 aliphatic heterocycles. The lowest BCUT2D eigenvalue weighted by atomic mass is 10.2. The highest BCUT2D eigenvalue weighted by atomic mass is 16.5. The second kappa shape index (κ2) is 6.61. The number of hydrogen-bond acceptors (Lipinski definition) is 4. The third-order valence-electron chi connectivity index (χ3n) is 3.23. The van der Waals surface area contributed by atoms with E-state index in [1.165, 1.54) is 0 Å². The molecule has 1 saturated heterocycles. The summed E-state index contributed by atoms with van der Waals surface area (Å²) in [7, 11) is 0. The van der Waals surface area contributed by atoms with Gasteiger partial charge in [-0.3, -0.25) is 4.90 Å². The van der Waals surface area contributed by atoms with Gasteiger partial charge in [-0.2, -0.15) is 0 Å². The fourth-order valence-corrected chi connectivity index (χ4v) is 2.04. The predicted molar refractivity (Wildman–Crippen MR) is 73.0 cm³/mol. The lowest BCUT2D eigenvalue weighted by Gasteiger charge is -2.26. The molecule has 0 bridgehead atoms. The van der Waals surface area contributed by atoms with Crippen molar-refractivity contribution in [3.63, 3.8) is 0 Å². The number of morpholine rings is 1. The van der Waals surface area contributed by atoms with Gasteiger partial charge in [-0.05, 0) is 37.1 Å². The van der Waals surface area contributed by atoms with Gasteiger partial charge in [0.05, 0.1) is 19.8 Å². The molecule has 2 rings (SSSR count). The number of rotatable bonds is 5. The number of hydrogen-bond donors (Lipinski definition) is 1. The average Bonchev–Trinajstić information content (AvgIpc) is 2.40. The molecule has 0 saturated carbocycles. The van der Waals surface area contributed by atoms with Crippen molar-refractivity contribution in [2.24, 2.45) is 0 Å². The van der Waals surface area contributed by atoms with Crippen molar-refractivity contribution in [3.8, 4) is 5.75 Å². The molecule has 0 aliphatic carbocycles. The number of ether oxygens (including phenoxy) is 2. The molecule has 1 aliphatic rings. The minimum atomic E-state index is 0.751. The summed E-state index contributed by atoms with van der Waals surface area (Å²) in [5, 5.41) is 0. The molecule has 0 spiro atoms. The Balaban J connectivity index is 1.66. The summed E-state index contributed by atoms with van der Waals surface area (Å²) in [6.07, 6.45) is 1.05. The molecule has 0 radical (unpaired) electrons. The van der Waals surface area contributed by atoms with Crippen LogP contribution < -0.4 is 10.5 Å². The van der Waals surface area contributed by atoms with Gasteiger partial charge in [0.15, 0.2) is 0 Å². The highest BCUT2D eigenvalue weighted by Gasteiger charge is 2.09. The number of benzene rings is 1. The van der Waals surface area contributed by atoms with E-state index in [4.69, 9.17) is 15.2 Å². The molecule has 0 aromatic heterocycles. The van der Waals surface area contributed by atoms with Crippen LogP contribution in [0, 0.1) is 6.92 Å². The zero-order valence-corrected chi connectivity index (χ0v) is 11.0. The van der Waals surface area contributed by atoms with Crippen LogP contribution in [0.3, 0.4) is 0 Å². The monoisotopic (exact) mass is 250 g/mol. The molecule has 1 heterocycles. The Morgan fingerprint density at radius 3 is 2.83 bits per heavy atom. The molecule has 0 atom stereocenters. The summed E-state index contributed by atoms with van der Waals surface area (Å²) < 4.78 is 11.0. The van der Waals surface area contributed by atoms with Crippen LogP contribution in [-0.2, 0) is 4.74 Å². The molecule has 100 valence electrons. The highest BCUT2D eigenvalue weighted by molar-refractivity contribution is 5.49. The molecule has 4 nitrogen and oxygen atoms in total. The SMILES string of the molecule is Cc1cc(OCCCN2CCOCC2)ccc1N. The molecule has 0 amide bonds. The largest absolute Gasteiger partial charge is 0.494 e. The minimum Gasteiger partial charge on any atom is -0.494 e. The zero-order chi connectivity index (χ0) is 12.8. The summed E-state index contributed by atoms with van der Waals surface area (Å²) in [5.74, 6) is 0.906. The maximum absolute atomic E-state index is 5.77. The Morgan fingerprint density at radius 2 is 2.11 bits per heavy atom. The number of aryl methyl sites for hydroxylation is 1. The quantitative estimate of drug-likeness (QED) is 0.638. The van der Waals surface area contributed by atoms with Gasteiger partial charge in [-0.25, -0.2) is 0 Å². The van der Waals surface area contributed by atoms with E-state index in [0.717, 1.165) is 62.9 Å². The maximum atomic E-state index is 5.77. The molecule has 2 N–H and O–H groups in total. The van der Waals surface area contributed by atoms with Crippen molar-refractivity contribution in [1.29, 1.82) is 0 Å². The lowest BCUT2D eigenvalue weighted by molar-refractivity contribution is 0.0358. The van der Waals surface area contributed by atoms with Gasteiger partial charge in [-0.1, -0.05) is 0 Å². The summed E-state index contributed by atoms with van der Waals surface area (Å²) in [5.41, 5.74) is 7.65. The Labute approximate surface area is 109 Å². The molecule has 4 heteroatoms. The van der Waals surface area contributed by atoms with Gasteiger partial charge in [0, 0.05) is 25.3 Å². The smallest absolute Gasteiger partial charge is 0.119 e. The highest BCUT2D eigenvalue weighted by Crippen LogP contribution is 2.18. The Hall–Kier alpha value is -1.26. The van der Waals surface area contributed by atoms with Crippen LogP contribution in [0.1, 0.15) is 12.0 Å². The van der Waals surface area contributed by atoms with E-state index in [1.54, 1.807) is 0 Å². The molecular weight excluding hydrogens is 228 g/mol. The lowest BCUT2D eigenvalue weighted by Crippen LogP contribution is -2.37. The first-order valence-corrected chi connectivity index (χ1v) is 6.55. The van der Waals surface area contributed by atoms with E-state index in [1.807, 2.05) is 25.1 Å². The number of nitrogens with two attached hydrogens (primary N) is 1. The van der Waals surface area contributed by atoms with Crippen molar-refractivity contribution in [3.05, 3.63) is 23.8 Å². The Morgan fingerprint density at radius 1 is 1.33 bits per heavy atom. The van der Waals surface area contributed by atoms with Crippen LogP contribution >= 0.6 is 0 Å². The van der Waals surface area contributed by atoms with E-state index in [2.05, 4.69) is 4.90 Å². The summed E-state index contributed by atoms with van der Waals surface area (Å²) in [4.78, 5) is 2.42.